The highest BCUT2D eigenvalue weighted by Crippen LogP contribution is 2.48. The lowest BCUT2D eigenvalue weighted by Gasteiger charge is -2.37. The highest BCUT2D eigenvalue weighted by Gasteiger charge is 2.51. The van der Waals surface area contributed by atoms with Crippen molar-refractivity contribution in [3.63, 3.8) is 0 Å². The van der Waals surface area contributed by atoms with E-state index in [1.807, 2.05) is 54.3 Å². The van der Waals surface area contributed by atoms with Gasteiger partial charge in [0.2, 0.25) is 5.91 Å². The number of carbonyl (C=O) groups excluding carboxylic acids is 2. The Morgan fingerprint density at radius 2 is 1.86 bits per heavy atom. The van der Waals surface area contributed by atoms with Gasteiger partial charge in [-0.15, -0.1) is 0 Å². The van der Waals surface area contributed by atoms with Crippen LogP contribution in [0, 0.1) is 18.3 Å². The molecule has 1 atom stereocenters. The number of hydrogen-bond donors (Lipinski definition) is 1. The molecule has 1 aromatic carbocycles. The zero-order chi connectivity index (χ0) is 19.6. The van der Waals surface area contributed by atoms with Gasteiger partial charge in [-0.05, 0) is 44.0 Å². The molecule has 148 valence electrons. The Kier molecular flexibility index (Phi) is 5.25. The Hall–Kier alpha value is -2.56. The van der Waals surface area contributed by atoms with E-state index in [-0.39, 0.29) is 23.1 Å². The van der Waals surface area contributed by atoms with Crippen molar-refractivity contribution in [3.05, 3.63) is 59.5 Å². The lowest BCUT2D eigenvalue weighted by molar-refractivity contribution is -0.128. The number of furan rings is 1. The molecule has 1 saturated heterocycles. The van der Waals surface area contributed by atoms with E-state index in [0.717, 1.165) is 37.2 Å². The molecule has 2 amide bonds. The van der Waals surface area contributed by atoms with Gasteiger partial charge < -0.3 is 14.6 Å². The number of rotatable bonds is 4. The second-order valence-electron chi connectivity index (χ2n) is 8.26. The molecule has 2 aliphatic rings. The highest BCUT2D eigenvalue weighted by molar-refractivity contribution is 5.95. The van der Waals surface area contributed by atoms with E-state index in [1.165, 1.54) is 6.42 Å². The second-order valence-corrected chi connectivity index (χ2v) is 8.26. The normalized spacial score (nSPS) is 21.0. The maximum atomic E-state index is 13.1. The lowest BCUT2D eigenvalue weighted by atomic mass is 9.67. The molecule has 2 heterocycles. The lowest BCUT2D eigenvalue weighted by Crippen LogP contribution is -2.42. The van der Waals surface area contributed by atoms with Crippen LogP contribution in [0.5, 0.6) is 0 Å². The highest BCUT2D eigenvalue weighted by atomic mass is 16.3. The van der Waals surface area contributed by atoms with Gasteiger partial charge in [-0.3, -0.25) is 9.59 Å². The first-order valence-electron chi connectivity index (χ1n) is 10.2. The van der Waals surface area contributed by atoms with Gasteiger partial charge in [0.05, 0.1) is 12.5 Å². The van der Waals surface area contributed by atoms with Crippen LogP contribution in [0.3, 0.4) is 0 Å². The molecule has 28 heavy (non-hydrogen) atoms. The van der Waals surface area contributed by atoms with Crippen LogP contribution in [0.4, 0.5) is 0 Å². The molecule has 1 aromatic heterocycles. The fraction of sp³-hybridized carbons (Fsp3) is 0.478. The topological polar surface area (TPSA) is 62.6 Å². The molecule has 0 bridgehead atoms. The van der Waals surface area contributed by atoms with E-state index < -0.39 is 0 Å². The third-order valence-corrected chi connectivity index (χ3v) is 6.35. The molecule has 2 fully saturated rings. The molecule has 1 aliphatic heterocycles. The number of nitrogens with one attached hydrogen (secondary N) is 1. The van der Waals surface area contributed by atoms with Crippen LogP contribution < -0.4 is 5.32 Å². The second kappa shape index (κ2) is 7.82. The summed E-state index contributed by atoms with van der Waals surface area (Å²) < 4.78 is 5.57. The molecule has 1 aliphatic carbocycles. The van der Waals surface area contributed by atoms with Crippen LogP contribution in [0.15, 0.2) is 46.9 Å². The maximum Gasteiger partial charge on any atom is 0.253 e. The number of hydrogen-bond acceptors (Lipinski definition) is 3. The Labute approximate surface area is 166 Å². The number of likely N-dealkylation sites (tertiary alicyclic amines) is 1. The summed E-state index contributed by atoms with van der Waals surface area (Å²) in [4.78, 5) is 28.0. The van der Waals surface area contributed by atoms with E-state index in [2.05, 4.69) is 5.32 Å². The summed E-state index contributed by atoms with van der Waals surface area (Å²) in [5.74, 6) is 1.52. The van der Waals surface area contributed by atoms with Crippen molar-refractivity contribution in [1.29, 1.82) is 0 Å². The van der Waals surface area contributed by atoms with Crippen molar-refractivity contribution in [3.8, 4) is 0 Å². The van der Waals surface area contributed by atoms with E-state index in [1.54, 1.807) is 0 Å². The molecular formula is C23H28N2O3. The fourth-order valence-corrected chi connectivity index (χ4v) is 4.89. The van der Waals surface area contributed by atoms with Gasteiger partial charge in [0, 0.05) is 24.1 Å². The average molecular weight is 380 g/mol. The average Bonchev–Trinajstić information content (AvgIpc) is 3.30. The molecule has 0 radical (unpaired) electrons. The summed E-state index contributed by atoms with van der Waals surface area (Å²) in [5.41, 5.74) is 0.604. The standard InChI is InChI=1S/C23H28N2O3/c1-17-10-11-19(28-17)14-24-21(26)20-15-25(16-23(20)12-6-3-7-13-23)22(27)18-8-4-2-5-9-18/h2,4-5,8-11,20H,3,6-7,12-16H2,1H3,(H,24,26)/t20-/m1/s1. The van der Waals surface area contributed by atoms with Gasteiger partial charge in [0.15, 0.2) is 0 Å². The molecular weight excluding hydrogens is 352 g/mol. The van der Waals surface area contributed by atoms with Gasteiger partial charge in [0.1, 0.15) is 11.5 Å². The molecule has 0 unspecified atom stereocenters. The number of aryl methyl sites for hydroxylation is 1. The van der Waals surface area contributed by atoms with Crippen molar-refractivity contribution >= 4 is 11.8 Å². The van der Waals surface area contributed by atoms with Crippen molar-refractivity contribution < 1.29 is 14.0 Å². The molecule has 4 rings (SSSR count). The van der Waals surface area contributed by atoms with Crippen molar-refractivity contribution in [1.82, 2.24) is 10.2 Å². The zero-order valence-corrected chi connectivity index (χ0v) is 16.4. The Morgan fingerprint density at radius 1 is 1.11 bits per heavy atom. The third kappa shape index (κ3) is 3.71. The summed E-state index contributed by atoms with van der Waals surface area (Å²) in [6.45, 7) is 3.47. The predicted octanol–water partition coefficient (Wildman–Crippen LogP) is 3.93. The van der Waals surface area contributed by atoms with Crippen molar-refractivity contribution in [2.45, 2.75) is 45.6 Å². The summed E-state index contributed by atoms with van der Waals surface area (Å²) in [6, 6.07) is 13.2. The third-order valence-electron chi connectivity index (χ3n) is 6.35. The first kappa shape index (κ1) is 18.8. The summed E-state index contributed by atoms with van der Waals surface area (Å²) >= 11 is 0. The van der Waals surface area contributed by atoms with Crippen LogP contribution in [0.2, 0.25) is 0 Å². The van der Waals surface area contributed by atoms with E-state index in [4.69, 9.17) is 4.42 Å². The SMILES string of the molecule is Cc1ccc(CNC(=O)[C@H]2CN(C(=O)c3ccccc3)CC23CCCCC3)o1. The minimum atomic E-state index is -0.156. The summed E-state index contributed by atoms with van der Waals surface area (Å²) in [7, 11) is 0. The van der Waals surface area contributed by atoms with Crippen LogP contribution >= 0.6 is 0 Å². The van der Waals surface area contributed by atoms with E-state index >= 15 is 0 Å². The molecule has 5 heteroatoms. The van der Waals surface area contributed by atoms with Crippen LogP contribution in [-0.2, 0) is 11.3 Å². The number of benzene rings is 1. The van der Waals surface area contributed by atoms with Crippen molar-refractivity contribution in [2.24, 2.45) is 11.3 Å². The Morgan fingerprint density at radius 3 is 2.54 bits per heavy atom. The molecule has 5 nitrogen and oxygen atoms in total. The quantitative estimate of drug-likeness (QED) is 0.874. The monoisotopic (exact) mass is 380 g/mol. The number of carbonyl (C=O) groups is 2. The molecule has 1 spiro atoms. The van der Waals surface area contributed by atoms with Gasteiger partial charge in [-0.2, -0.15) is 0 Å². The Balaban J connectivity index is 1.50. The minimum Gasteiger partial charge on any atom is -0.465 e. The largest absolute Gasteiger partial charge is 0.465 e. The molecule has 1 N–H and O–H groups in total. The molecule has 2 aromatic rings. The van der Waals surface area contributed by atoms with Crippen LogP contribution in [0.25, 0.3) is 0 Å². The Bertz CT molecular complexity index is 837. The van der Waals surface area contributed by atoms with Gasteiger partial charge >= 0.3 is 0 Å². The van der Waals surface area contributed by atoms with Gasteiger partial charge in [-0.1, -0.05) is 37.5 Å². The zero-order valence-electron chi connectivity index (χ0n) is 16.4. The summed E-state index contributed by atoms with van der Waals surface area (Å²) in [5, 5.41) is 3.05. The molecule has 1 saturated carbocycles. The van der Waals surface area contributed by atoms with Crippen LogP contribution in [-0.4, -0.2) is 29.8 Å². The number of nitrogens with zero attached hydrogens (tertiary/aromatic N) is 1. The fourth-order valence-electron chi connectivity index (χ4n) is 4.89. The van der Waals surface area contributed by atoms with Gasteiger partial charge in [0.25, 0.3) is 5.91 Å². The summed E-state index contributed by atoms with van der Waals surface area (Å²) in [6.07, 6.45) is 5.52. The van der Waals surface area contributed by atoms with E-state index in [0.29, 0.717) is 25.2 Å². The first-order valence-corrected chi connectivity index (χ1v) is 10.2. The number of amides is 2. The first-order chi connectivity index (χ1) is 13.6. The minimum absolute atomic E-state index is 0.0301. The smallest absolute Gasteiger partial charge is 0.253 e. The van der Waals surface area contributed by atoms with Crippen LogP contribution in [0.1, 0.15) is 54.0 Å². The maximum absolute atomic E-state index is 13.1. The van der Waals surface area contributed by atoms with Gasteiger partial charge in [-0.25, -0.2) is 0 Å². The predicted molar refractivity (Wildman–Crippen MR) is 107 cm³/mol. The van der Waals surface area contributed by atoms with Crippen molar-refractivity contribution in [2.75, 3.05) is 13.1 Å². The van der Waals surface area contributed by atoms with E-state index in [9.17, 15) is 9.59 Å².